The van der Waals surface area contributed by atoms with Gasteiger partial charge in [0.25, 0.3) is 5.56 Å². The molecular weight excluding hydrogens is 276 g/mol. The molecule has 0 aliphatic carbocycles. The molecule has 22 heavy (non-hydrogen) atoms. The second-order valence-corrected chi connectivity index (χ2v) is 6.21. The monoisotopic (exact) mass is 296 g/mol. The van der Waals surface area contributed by atoms with Gasteiger partial charge in [-0.3, -0.25) is 4.79 Å². The van der Waals surface area contributed by atoms with E-state index in [0.29, 0.717) is 6.61 Å². The Kier molecular flexibility index (Phi) is 3.36. The highest BCUT2D eigenvalue weighted by Gasteiger charge is 2.18. The van der Waals surface area contributed by atoms with Gasteiger partial charge in [0.1, 0.15) is 0 Å². The van der Waals surface area contributed by atoms with Gasteiger partial charge in [-0.05, 0) is 48.0 Å². The Hall–Kier alpha value is -1.91. The van der Waals surface area contributed by atoms with Crippen molar-refractivity contribution in [1.82, 2.24) is 9.88 Å². The Labute approximate surface area is 129 Å². The van der Waals surface area contributed by atoms with E-state index in [2.05, 4.69) is 35.1 Å². The second kappa shape index (κ2) is 5.38. The number of aromatic amines is 1. The van der Waals surface area contributed by atoms with E-state index >= 15 is 0 Å². The van der Waals surface area contributed by atoms with Crippen molar-refractivity contribution in [2.45, 2.75) is 19.4 Å². The Morgan fingerprint density at radius 2 is 2.14 bits per heavy atom. The predicted octanol–water partition coefficient (Wildman–Crippen LogP) is 2.32. The SMILES string of the molecule is CN1CCc2c([nH]c(=O)c3cc(C4=CCOCC4)ccc23)C1. The van der Waals surface area contributed by atoms with Gasteiger partial charge < -0.3 is 14.6 Å². The van der Waals surface area contributed by atoms with E-state index in [1.54, 1.807) is 0 Å². The third kappa shape index (κ3) is 2.28. The van der Waals surface area contributed by atoms with Gasteiger partial charge >= 0.3 is 0 Å². The molecule has 2 aromatic rings. The Morgan fingerprint density at radius 3 is 2.95 bits per heavy atom. The van der Waals surface area contributed by atoms with Crippen LogP contribution in [-0.2, 0) is 17.7 Å². The molecule has 0 fully saturated rings. The van der Waals surface area contributed by atoms with Crippen LogP contribution in [0.2, 0.25) is 0 Å². The minimum Gasteiger partial charge on any atom is -0.377 e. The van der Waals surface area contributed by atoms with E-state index in [1.807, 2.05) is 6.07 Å². The molecule has 0 bridgehead atoms. The van der Waals surface area contributed by atoms with Crippen LogP contribution in [0.3, 0.4) is 0 Å². The number of rotatable bonds is 1. The van der Waals surface area contributed by atoms with Crippen molar-refractivity contribution in [3.05, 3.63) is 51.4 Å². The maximum absolute atomic E-state index is 12.5. The van der Waals surface area contributed by atoms with Gasteiger partial charge in [-0.15, -0.1) is 0 Å². The number of likely N-dealkylation sites (N-methyl/N-ethyl adjacent to an activating group) is 1. The molecule has 0 spiro atoms. The summed E-state index contributed by atoms with van der Waals surface area (Å²) in [7, 11) is 2.09. The number of hydrogen-bond acceptors (Lipinski definition) is 3. The molecule has 0 saturated carbocycles. The number of nitrogens with zero attached hydrogens (tertiary/aromatic N) is 1. The lowest BCUT2D eigenvalue weighted by Crippen LogP contribution is -2.29. The number of ether oxygens (including phenoxy) is 1. The van der Waals surface area contributed by atoms with Crippen molar-refractivity contribution >= 4 is 16.3 Å². The van der Waals surface area contributed by atoms with E-state index in [-0.39, 0.29) is 5.56 Å². The quantitative estimate of drug-likeness (QED) is 0.878. The van der Waals surface area contributed by atoms with Crippen molar-refractivity contribution < 1.29 is 4.74 Å². The normalized spacial score (nSPS) is 19.0. The zero-order chi connectivity index (χ0) is 15.1. The van der Waals surface area contributed by atoms with Crippen molar-refractivity contribution in [2.24, 2.45) is 0 Å². The first kappa shape index (κ1) is 13.7. The molecule has 4 heteroatoms. The fourth-order valence-corrected chi connectivity index (χ4v) is 3.50. The lowest BCUT2D eigenvalue weighted by molar-refractivity contribution is 0.161. The minimum atomic E-state index is 0.0264. The Bertz CT molecular complexity index is 820. The average molecular weight is 296 g/mol. The molecule has 4 rings (SSSR count). The first-order valence-electron chi connectivity index (χ1n) is 7.86. The van der Waals surface area contributed by atoms with Crippen LogP contribution in [0.4, 0.5) is 0 Å². The number of aromatic nitrogens is 1. The summed E-state index contributed by atoms with van der Waals surface area (Å²) in [5, 5.41) is 1.93. The molecule has 0 atom stereocenters. The molecule has 0 unspecified atom stereocenters. The summed E-state index contributed by atoms with van der Waals surface area (Å²) in [5.41, 5.74) is 4.84. The molecule has 1 aromatic carbocycles. The van der Waals surface area contributed by atoms with Gasteiger partial charge in [0.15, 0.2) is 0 Å². The van der Waals surface area contributed by atoms with Gasteiger partial charge in [-0.2, -0.15) is 0 Å². The second-order valence-electron chi connectivity index (χ2n) is 6.21. The van der Waals surface area contributed by atoms with Crippen molar-refractivity contribution in [3.63, 3.8) is 0 Å². The molecule has 114 valence electrons. The van der Waals surface area contributed by atoms with Gasteiger partial charge in [0.2, 0.25) is 0 Å². The van der Waals surface area contributed by atoms with Crippen LogP contribution >= 0.6 is 0 Å². The zero-order valence-electron chi connectivity index (χ0n) is 12.8. The van der Waals surface area contributed by atoms with E-state index < -0.39 is 0 Å². The first-order chi connectivity index (χ1) is 10.7. The maximum Gasteiger partial charge on any atom is 0.256 e. The molecule has 0 saturated heterocycles. The molecule has 4 nitrogen and oxygen atoms in total. The summed E-state index contributed by atoms with van der Waals surface area (Å²) < 4.78 is 5.37. The molecule has 0 radical (unpaired) electrons. The highest BCUT2D eigenvalue weighted by molar-refractivity contribution is 5.89. The largest absolute Gasteiger partial charge is 0.377 e. The zero-order valence-corrected chi connectivity index (χ0v) is 12.8. The fraction of sp³-hybridized carbons (Fsp3) is 0.389. The number of benzene rings is 1. The van der Waals surface area contributed by atoms with E-state index in [1.165, 1.54) is 11.1 Å². The Morgan fingerprint density at radius 1 is 1.23 bits per heavy atom. The molecule has 1 N–H and O–H groups in total. The van der Waals surface area contributed by atoms with Crippen LogP contribution in [0.1, 0.15) is 23.2 Å². The van der Waals surface area contributed by atoms with Gasteiger partial charge in [-0.1, -0.05) is 18.2 Å². The van der Waals surface area contributed by atoms with E-state index in [9.17, 15) is 4.79 Å². The maximum atomic E-state index is 12.5. The topological polar surface area (TPSA) is 45.3 Å². The molecule has 2 aliphatic heterocycles. The van der Waals surface area contributed by atoms with Gasteiger partial charge in [0.05, 0.1) is 13.2 Å². The number of pyridine rings is 1. The summed E-state index contributed by atoms with van der Waals surface area (Å²) in [6.07, 6.45) is 4.03. The average Bonchev–Trinajstić information content (AvgIpc) is 2.55. The number of nitrogens with one attached hydrogen (secondary N) is 1. The fourth-order valence-electron chi connectivity index (χ4n) is 3.50. The molecule has 0 amide bonds. The van der Waals surface area contributed by atoms with Crippen molar-refractivity contribution in [3.8, 4) is 0 Å². The highest BCUT2D eigenvalue weighted by Crippen LogP contribution is 2.28. The minimum absolute atomic E-state index is 0.0264. The van der Waals surface area contributed by atoms with Crippen LogP contribution in [0.5, 0.6) is 0 Å². The van der Waals surface area contributed by atoms with E-state index in [4.69, 9.17) is 4.74 Å². The third-order valence-electron chi connectivity index (χ3n) is 4.72. The predicted molar refractivity (Wildman–Crippen MR) is 88.0 cm³/mol. The first-order valence-corrected chi connectivity index (χ1v) is 7.86. The number of hydrogen-bond donors (Lipinski definition) is 1. The molecular formula is C18H20N2O2. The van der Waals surface area contributed by atoms with Crippen LogP contribution in [0, 0.1) is 0 Å². The lowest BCUT2D eigenvalue weighted by atomic mass is 9.94. The standard InChI is InChI=1S/C18H20N2O2/c1-20-7-4-15-14-3-2-13(12-5-8-22-9-6-12)10-16(14)18(21)19-17(15)11-20/h2-3,5,10H,4,6-9,11H2,1H3,(H,19,21). The smallest absolute Gasteiger partial charge is 0.256 e. The van der Waals surface area contributed by atoms with Crippen molar-refractivity contribution in [2.75, 3.05) is 26.8 Å². The van der Waals surface area contributed by atoms with Crippen LogP contribution in [0.25, 0.3) is 16.3 Å². The summed E-state index contributed by atoms with van der Waals surface area (Å²) >= 11 is 0. The lowest BCUT2D eigenvalue weighted by Gasteiger charge is -2.25. The third-order valence-corrected chi connectivity index (χ3v) is 4.72. The molecule has 2 aliphatic rings. The summed E-state index contributed by atoms with van der Waals surface area (Å²) in [4.78, 5) is 17.8. The number of H-pyrrole nitrogens is 1. The van der Waals surface area contributed by atoms with Gasteiger partial charge in [-0.25, -0.2) is 0 Å². The molecule has 3 heterocycles. The van der Waals surface area contributed by atoms with Crippen LogP contribution in [0.15, 0.2) is 29.1 Å². The summed E-state index contributed by atoms with van der Waals surface area (Å²) in [5.74, 6) is 0. The molecule has 1 aromatic heterocycles. The Balaban J connectivity index is 1.87. The number of fused-ring (bicyclic) bond motifs is 3. The van der Waals surface area contributed by atoms with Crippen LogP contribution in [-0.4, -0.2) is 36.7 Å². The van der Waals surface area contributed by atoms with Crippen molar-refractivity contribution in [1.29, 1.82) is 0 Å². The summed E-state index contributed by atoms with van der Waals surface area (Å²) in [6.45, 7) is 3.29. The van der Waals surface area contributed by atoms with Crippen LogP contribution < -0.4 is 5.56 Å². The van der Waals surface area contributed by atoms with Gasteiger partial charge in [0, 0.05) is 24.2 Å². The summed E-state index contributed by atoms with van der Waals surface area (Å²) in [6, 6.07) is 6.32. The highest BCUT2D eigenvalue weighted by atomic mass is 16.5. The van der Waals surface area contributed by atoms with E-state index in [0.717, 1.165) is 54.6 Å².